The lowest BCUT2D eigenvalue weighted by Gasteiger charge is -2.12. The number of nitrogens with zero attached hydrogens (tertiary/aromatic N) is 2. The van der Waals surface area contributed by atoms with Gasteiger partial charge in [0.1, 0.15) is 5.69 Å². The fourth-order valence-corrected chi connectivity index (χ4v) is 1.68. The maximum Gasteiger partial charge on any atom is 0.326 e. The number of carboxylic acid groups (broad SMARTS) is 1. The standard InChI is InChI=1S/C7H7FN3O3.CH3.Al/c1-14-6-3(8)2-10-11-5(6)4(9)7(12)13;;/h4H,9H2,1H3,(H,12,13);1H3;. The van der Waals surface area contributed by atoms with Crippen molar-refractivity contribution < 1.29 is 19.0 Å². The predicted molar refractivity (Wildman–Crippen MR) is 54.4 cm³/mol. The van der Waals surface area contributed by atoms with Crippen LogP contribution < -0.4 is 15.0 Å². The molecule has 3 N–H and O–H groups in total. The molecule has 0 aliphatic rings. The lowest BCUT2D eigenvalue weighted by molar-refractivity contribution is -0.138. The monoisotopic (exact) mass is 242 g/mol. The molecule has 1 aromatic heterocycles. The van der Waals surface area contributed by atoms with Crippen molar-refractivity contribution >= 4 is 25.7 Å². The average molecular weight is 242 g/mol. The number of halogens is 1. The lowest BCUT2D eigenvalue weighted by atomic mass is 10.2. The van der Waals surface area contributed by atoms with E-state index >= 15 is 0 Å². The van der Waals surface area contributed by atoms with Crippen LogP contribution in [0.1, 0.15) is 11.7 Å². The van der Waals surface area contributed by atoms with Crippen molar-refractivity contribution in [3.63, 3.8) is 0 Å². The molecule has 1 atom stereocenters. The Labute approximate surface area is 97.3 Å². The van der Waals surface area contributed by atoms with E-state index < -0.39 is 17.8 Å². The van der Waals surface area contributed by atoms with Crippen LogP contribution >= 0.6 is 0 Å². The average Bonchev–Trinajstić information content (AvgIpc) is 2.27. The summed E-state index contributed by atoms with van der Waals surface area (Å²) in [7, 11) is 1.23. The van der Waals surface area contributed by atoms with Gasteiger partial charge in [-0.2, -0.15) is 10.2 Å². The van der Waals surface area contributed by atoms with Crippen LogP contribution in [0.3, 0.4) is 0 Å². The molecular weight excluding hydrogens is 232 g/mol. The highest BCUT2D eigenvalue weighted by Crippen LogP contribution is 2.22. The number of rotatable bonds is 4. The van der Waals surface area contributed by atoms with E-state index in [2.05, 4.69) is 10.2 Å². The molecule has 1 aromatic rings. The minimum atomic E-state index is -1.45. The van der Waals surface area contributed by atoms with Crippen molar-refractivity contribution in [2.24, 2.45) is 5.73 Å². The lowest BCUT2D eigenvalue weighted by Crippen LogP contribution is -2.29. The molecule has 16 heavy (non-hydrogen) atoms. The summed E-state index contributed by atoms with van der Waals surface area (Å²) in [5.41, 5.74) is 5.13. The van der Waals surface area contributed by atoms with E-state index in [4.69, 9.17) is 15.6 Å². The van der Waals surface area contributed by atoms with Gasteiger partial charge in [0.05, 0.1) is 7.11 Å². The third-order valence-corrected chi connectivity index (χ3v) is 2.88. The van der Waals surface area contributed by atoms with Gasteiger partial charge in [-0.3, -0.25) is 4.79 Å². The maximum absolute atomic E-state index is 13.7. The largest absolute Gasteiger partial charge is 0.492 e. The van der Waals surface area contributed by atoms with Crippen LogP contribution in [0.2, 0.25) is 5.79 Å². The van der Waals surface area contributed by atoms with Crippen molar-refractivity contribution in [1.29, 1.82) is 0 Å². The Morgan fingerprint density at radius 2 is 2.25 bits per heavy atom. The first kappa shape index (κ1) is 12.8. The van der Waals surface area contributed by atoms with E-state index in [0.29, 0.717) is 0 Å². The number of hydrogen-bond acceptors (Lipinski definition) is 5. The van der Waals surface area contributed by atoms with Crippen LogP contribution in [-0.4, -0.2) is 43.6 Å². The van der Waals surface area contributed by atoms with Crippen molar-refractivity contribution in [3.05, 3.63) is 11.5 Å². The zero-order valence-corrected chi connectivity index (χ0v) is 9.92. The molecule has 0 fully saturated rings. The fourth-order valence-electron chi connectivity index (χ4n) is 1.12. The van der Waals surface area contributed by atoms with Gasteiger partial charge in [0.25, 0.3) is 15.2 Å². The second-order valence-electron chi connectivity index (χ2n) is 2.92. The molecule has 1 unspecified atom stereocenters. The zero-order chi connectivity index (χ0) is 12.3. The minimum Gasteiger partial charge on any atom is -0.492 e. The smallest absolute Gasteiger partial charge is 0.326 e. The third kappa shape index (κ3) is 2.29. The minimum absolute atomic E-state index is 0.193. The summed E-state index contributed by atoms with van der Waals surface area (Å²) in [5.74, 6) is -0.455. The number of carbonyl (C=O) groups is 1. The molecule has 85 valence electrons. The van der Waals surface area contributed by atoms with E-state index in [1.54, 1.807) is 5.79 Å². The second-order valence-corrected chi connectivity index (χ2v) is 4.05. The summed E-state index contributed by atoms with van der Waals surface area (Å²) in [6.45, 7) is 0. The van der Waals surface area contributed by atoms with Crippen molar-refractivity contribution in [3.8, 4) is 5.75 Å². The molecule has 0 aliphatic heterocycles. The summed E-state index contributed by atoms with van der Waals surface area (Å²) in [4.78, 5) is 10.7. The normalized spacial score (nSPS) is 12.0. The summed E-state index contributed by atoms with van der Waals surface area (Å²) >= 11 is -0.375. The molecule has 1 rings (SSSR count). The van der Waals surface area contributed by atoms with Crippen LogP contribution in [0.25, 0.3) is 0 Å². The van der Waals surface area contributed by atoms with E-state index in [9.17, 15) is 9.18 Å². The first-order valence-corrected chi connectivity index (χ1v) is 6.14. The predicted octanol–water partition coefficient (Wildman–Crippen LogP) is -0.914. The van der Waals surface area contributed by atoms with Crippen molar-refractivity contribution in [2.45, 2.75) is 11.8 Å². The van der Waals surface area contributed by atoms with Gasteiger partial charge in [-0.15, -0.1) is 5.79 Å². The molecule has 0 saturated heterocycles. The molecule has 0 saturated carbocycles. The van der Waals surface area contributed by atoms with E-state index in [-0.39, 0.29) is 31.2 Å². The zero-order valence-electron chi connectivity index (χ0n) is 8.77. The van der Waals surface area contributed by atoms with Crippen LogP contribution in [0.15, 0.2) is 0 Å². The molecule has 0 spiro atoms. The summed E-state index contributed by atoms with van der Waals surface area (Å²) in [6, 6.07) is -1.45. The first-order valence-electron chi connectivity index (χ1n) is 4.40. The highest BCUT2D eigenvalue weighted by molar-refractivity contribution is 6.50. The molecule has 0 aliphatic carbocycles. The first-order chi connectivity index (χ1) is 7.52. The van der Waals surface area contributed by atoms with Gasteiger partial charge >= 0.3 is 5.97 Å². The summed E-state index contributed by atoms with van der Waals surface area (Å²) in [5, 5.41) is 15.9. The van der Waals surface area contributed by atoms with E-state index in [1.807, 2.05) is 0 Å². The maximum atomic E-state index is 13.7. The van der Waals surface area contributed by atoms with Gasteiger partial charge in [-0.05, 0) is 0 Å². The molecule has 0 amide bonds. The fraction of sp³-hybridized carbons (Fsp3) is 0.375. The topological polar surface area (TPSA) is 98.3 Å². The van der Waals surface area contributed by atoms with Gasteiger partial charge in [0.15, 0.2) is 17.6 Å². The van der Waals surface area contributed by atoms with Gasteiger partial charge in [-0.1, -0.05) is 0 Å². The molecule has 6 nitrogen and oxygen atoms in total. The molecule has 1 radical (unpaired) electrons. The van der Waals surface area contributed by atoms with E-state index in [0.717, 1.165) is 0 Å². The Morgan fingerprint density at radius 3 is 2.69 bits per heavy atom. The number of aromatic nitrogens is 2. The quantitative estimate of drug-likeness (QED) is 0.663. The summed E-state index contributed by atoms with van der Waals surface area (Å²) < 4.78 is 18.7. The Morgan fingerprint density at radius 1 is 1.62 bits per heavy atom. The van der Waals surface area contributed by atoms with Crippen LogP contribution in [-0.2, 0) is 4.79 Å². The SMILES string of the molecule is COc1c(C(N)C(=O)O)nn[c]([Al][CH3])c1F. The van der Waals surface area contributed by atoms with Gasteiger partial charge in [0.2, 0.25) is 0 Å². The Hall–Kier alpha value is -1.23. The number of methoxy groups -OCH3 is 1. The number of nitrogens with two attached hydrogens (primary N) is 1. The second kappa shape index (κ2) is 5.21. The van der Waals surface area contributed by atoms with Crippen molar-refractivity contribution in [1.82, 2.24) is 10.2 Å². The Bertz CT molecular complexity index is 416. The Balaban J connectivity index is 3.31. The van der Waals surface area contributed by atoms with E-state index in [1.165, 1.54) is 7.11 Å². The van der Waals surface area contributed by atoms with Gasteiger partial charge < -0.3 is 15.6 Å². The summed E-state index contributed by atoms with van der Waals surface area (Å²) in [6.07, 6.45) is 0. The molecule has 1 heterocycles. The third-order valence-electron chi connectivity index (χ3n) is 1.96. The molecule has 0 aromatic carbocycles. The van der Waals surface area contributed by atoms with Gasteiger partial charge in [0, 0.05) is 4.56 Å². The molecule has 0 bridgehead atoms. The Kier molecular flexibility index (Phi) is 4.18. The molecule has 8 heteroatoms. The van der Waals surface area contributed by atoms with Crippen LogP contribution in [0, 0.1) is 5.82 Å². The number of hydrogen-bond donors (Lipinski definition) is 2. The molecular formula is C8H10AlFN3O3. The highest BCUT2D eigenvalue weighted by atomic mass is 27.1. The van der Waals surface area contributed by atoms with Crippen LogP contribution in [0.5, 0.6) is 5.75 Å². The number of ether oxygens (including phenoxy) is 1. The van der Waals surface area contributed by atoms with Gasteiger partial charge in [-0.25, -0.2) is 4.39 Å². The van der Waals surface area contributed by atoms with Crippen LogP contribution in [0.4, 0.5) is 4.39 Å². The number of carboxylic acids is 1. The highest BCUT2D eigenvalue weighted by Gasteiger charge is 2.25. The van der Waals surface area contributed by atoms with Crippen molar-refractivity contribution in [2.75, 3.05) is 7.11 Å². The number of aliphatic carboxylic acids is 1.